The van der Waals surface area contributed by atoms with Crippen molar-refractivity contribution in [2.24, 2.45) is 0 Å². The number of benzene rings is 1. The summed E-state index contributed by atoms with van der Waals surface area (Å²) in [6, 6.07) is 7.77. The third-order valence-electron chi connectivity index (χ3n) is 3.01. The second kappa shape index (κ2) is 4.09. The quantitative estimate of drug-likeness (QED) is 0.840. The van der Waals surface area contributed by atoms with Gasteiger partial charge in [0.2, 0.25) is 0 Å². The van der Waals surface area contributed by atoms with Gasteiger partial charge in [-0.3, -0.25) is 0 Å². The number of aromatic hydroxyl groups is 1. The van der Waals surface area contributed by atoms with Crippen molar-refractivity contribution in [3.63, 3.8) is 0 Å². The van der Waals surface area contributed by atoms with Gasteiger partial charge in [-0.05, 0) is 35.8 Å². The van der Waals surface area contributed by atoms with E-state index in [0.717, 1.165) is 0 Å². The molecule has 1 aliphatic rings. The van der Waals surface area contributed by atoms with Crippen molar-refractivity contribution in [2.75, 3.05) is 5.75 Å². The van der Waals surface area contributed by atoms with Gasteiger partial charge in [0.15, 0.2) is 0 Å². The van der Waals surface area contributed by atoms with Gasteiger partial charge in [0.05, 0.1) is 0 Å². The van der Waals surface area contributed by atoms with Gasteiger partial charge in [0.25, 0.3) is 0 Å². The molecular formula is C13H18OS. The molecular weight excluding hydrogens is 204 g/mol. The summed E-state index contributed by atoms with van der Waals surface area (Å²) >= 11 is 2.02. The number of hydrogen-bond donors (Lipinski definition) is 1. The van der Waals surface area contributed by atoms with Gasteiger partial charge in [-0.1, -0.05) is 26.0 Å². The predicted octanol–water partition coefficient (Wildman–Crippen LogP) is 3.57. The smallest absolute Gasteiger partial charge is 0.115 e. The van der Waals surface area contributed by atoms with Crippen LogP contribution in [0.5, 0.6) is 5.75 Å². The topological polar surface area (TPSA) is 20.2 Å². The molecule has 0 aliphatic heterocycles. The van der Waals surface area contributed by atoms with E-state index in [-0.39, 0.29) is 0 Å². The van der Waals surface area contributed by atoms with Crippen molar-refractivity contribution in [3.05, 3.63) is 29.8 Å². The third-order valence-corrected chi connectivity index (χ3v) is 4.39. The highest BCUT2D eigenvalue weighted by Crippen LogP contribution is 2.51. The lowest BCUT2D eigenvalue weighted by Crippen LogP contribution is -2.11. The van der Waals surface area contributed by atoms with Gasteiger partial charge < -0.3 is 5.11 Å². The molecule has 1 fully saturated rings. The molecule has 1 N–H and O–H groups in total. The molecule has 1 aromatic carbocycles. The summed E-state index contributed by atoms with van der Waals surface area (Å²) in [6.45, 7) is 4.48. The van der Waals surface area contributed by atoms with Crippen molar-refractivity contribution >= 4 is 11.8 Å². The number of rotatable bonds is 4. The highest BCUT2D eigenvalue weighted by molar-refractivity contribution is 7.99. The van der Waals surface area contributed by atoms with E-state index in [1.165, 1.54) is 24.2 Å². The SMILES string of the molecule is CC(C)SCC1(c2cccc(O)c2)CC1. The van der Waals surface area contributed by atoms with Gasteiger partial charge in [-0.25, -0.2) is 0 Å². The van der Waals surface area contributed by atoms with Crippen LogP contribution in [-0.4, -0.2) is 16.1 Å². The van der Waals surface area contributed by atoms with Crippen molar-refractivity contribution in [1.29, 1.82) is 0 Å². The molecule has 0 bridgehead atoms. The summed E-state index contributed by atoms with van der Waals surface area (Å²) < 4.78 is 0. The van der Waals surface area contributed by atoms with Crippen LogP contribution in [0.3, 0.4) is 0 Å². The summed E-state index contributed by atoms with van der Waals surface area (Å²) in [7, 11) is 0. The van der Waals surface area contributed by atoms with Crippen molar-refractivity contribution < 1.29 is 5.11 Å². The minimum Gasteiger partial charge on any atom is -0.508 e. The van der Waals surface area contributed by atoms with E-state index in [1.807, 2.05) is 23.9 Å². The summed E-state index contributed by atoms with van der Waals surface area (Å²) in [5.74, 6) is 1.59. The Hall–Kier alpha value is -0.630. The van der Waals surface area contributed by atoms with Crippen LogP contribution in [0.1, 0.15) is 32.3 Å². The second-order valence-electron chi connectivity index (χ2n) is 4.69. The predicted molar refractivity (Wildman–Crippen MR) is 66.6 cm³/mol. The lowest BCUT2D eigenvalue weighted by Gasteiger charge is -2.16. The van der Waals surface area contributed by atoms with Gasteiger partial charge >= 0.3 is 0 Å². The Morgan fingerprint density at radius 3 is 2.67 bits per heavy atom. The highest BCUT2D eigenvalue weighted by Gasteiger charge is 2.44. The van der Waals surface area contributed by atoms with Crippen molar-refractivity contribution in [2.45, 2.75) is 37.4 Å². The second-order valence-corrected chi connectivity index (χ2v) is 6.26. The standard InChI is InChI=1S/C13H18OS/c1-10(2)15-9-13(6-7-13)11-4-3-5-12(14)8-11/h3-5,8,10,14H,6-7,9H2,1-2H3. The van der Waals surface area contributed by atoms with Gasteiger partial charge in [0.1, 0.15) is 5.75 Å². The summed E-state index contributed by atoms with van der Waals surface area (Å²) in [4.78, 5) is 0. The summed E-state index contributed by atoms with van der Waals surface area (Å²) in [5, 5.41) is 10.2. The zero-order valence-corrected chi connectivity index (χ0v) is 10.2. The summed E-state index contributed by atoms with van der Waals surface area (Å²) in [5.41, 5.74) is 1.68. The molecule has 0 atom stereocenters. The first-order chi connectivity index (χ1) is 7.12. The van der Waals surface area contributed by atoms with Crippen LogP contribution in [0.4, 0.5) is 0 Å². The Labute approximate surface area is 95.9 Å². The lowest BCUT2D eigenvalue weighted by molar-refractivity contribution is 0.473. The molecule has 1 nitrogen and oxygen atoms in total. The monoisotopic (exact) mass is 222 g/mol. The van der Waals surface area contributed by atoms with Crippen molar-refractivity contribution in [1.82, 2.24) is 0 Å². The van der Waals surface area contributed by atoms with E-state index >= 15 is 0 Å². The largest absolute Gasteiger partial charge is 0.508 e. The fourth-order valence-electron chi connectivity index (χ4n) is 1.83. The summed E-state index contributed by atoms with van der Waals surface area (Å²) in [6.07, 6.45) is 2.55. The molecule has 2 heteroatoms. The maximum absolute atomic E-state index is 9.47. The molecule has 0 unspecified atom stereocenters. The zero-order chi connectivity index (χ0) is 10.9. The minimum atomic E-state index is 0.369. The van der Waals surface area contributed by atoms with Gasteiger partial charge in [-0.2, -0.15) is 11.8 Å². The number of thioether (sulfide) groups is 1. The molecule has 0 saturated heterocycles. The van der Waals surface area contributed by atoms with Crippen molar-refractivity contribution in [3.8, 4) is 5.75 Å². The number of phenolic OH excluding ortho intramolecular Hbond substituents is 1. The average Bonchev–Trinajstić information content (AvgIpc) is 2.96. The van der Waals surface area contributed by atoms with E-state index in [0.29, 0.717) is 16.4 Å². The molecule has 82 valence electrons. The molecule has 0 radical (unpaired) electrons. The highest BCUT2D eigenvalue weighted by atomic mass is 32.2. The Balaban J connectivity index is 2.09. The normalized spacial score (nSPS) is 18.1. The van der Waals surface area contributed by atoms with Crippen LogP contribution in [0, 0.1) is 0 Å². The molecule has 0 aromatic heterocycles. The van der Waals surface area contributed by atoms with E-state index in [9.17, 15) is 5.11 Å². The fraction of sp³-hybridized carbons (Fsp3) is 0.538. The lowest BCUT2D eigenvalue weighted by atomic mass is 9.98. The van der Waals surface area contributed by atoms with Crippen LogP contribution >= 0.6 is 11.8 Å². The molecule has 15 heavy (non-hydrogen) atoms. The van der Waals surface area contributed by atoms with E-state index in [2.05, 4.69) is 19.9 Å². The van der Waals surface area contributed by atoms with Crippen LogP contribution in [0.25, 0.3) is 0 Å². The van der Waals surface area contributed by atoms with Crippen LogP contribution < -0.4 is 0 Å². The Morgan fingerprint density at radius 2 is 2.13 bits per heavy atom. The van der Waals surface area contributed by atoms with E-state index in [4.69, 9.17) is 0 Å². The molecule has 1 aromatic rings. The first kappa shape index (κ1) is 10.9. The Morgan fingerprint density at radius 1 is 1.40 bits per heavy atom. The zero-order valence-electron chi connectivity index (χ0n) is 9.36. The number of hydrogen-bond acceptors (Lipinski definition) is 2. The maximum atomic E-state index is 9.47. The Bertz CT molecular complexity index is 342. The van der Waals surface area contributed by atoms with Gasteiger partial charge in [-0.15, -0.1) is 0 Å². The first-order valence-corrected chi connectivity index (χ1v) is 6.58. The Kier molecular flexibility index (Phi) is 2.96. The maximum Gasteiger partial charge on any atom is 0.115 e. The van der Waals surface area contributed by atoms with Crippen LogP contribution in [-0.2, 0) is 5.41 Å². The molecule has 0 heterocycles. The molecule has 1 saturated carbocycles. The molecule has 1 aliphatic carbocycles. The van der Waals surface area contributed by atoms with Crippen LogP contribution in [0.15, 0.2) is 24.3 Å². The van der Waals surface area contributed by atoms with E-state index < -0.39 is 0 Å². The average molecular weight is 222 g/mol. The molecule has 2 rings (SSSR count). The first-order valence-electron chi connectivity index (χ1n) is 5.53. The third kappa shape index (κ3) is 2.49. The minimum absolute atomic E-state index is 0.369. The van der Waals surface area contributed by atoms with Crippen LogP contribution in [0.2, 0.25) is 0 Å². The molecule has 0 amide bonds. The molecule has 0 spiro atoms. The van der Waals surface area contributed by atoms with Gasteiger partial charge in [0, 0.05) is 11.2 Å². The number of phenols is 1. The van der Waals surface area contributed by atoms with E-state index in [1.54, 1.807) is 6.07 Å². The fourth-order valence-corrected chi connectivity index (χ4v) is 2.94.